The van der Waals surface area contributed by atoms with Gasteiger partial charge in [-0.1, -0.05) is 11.6 Å². The Kier molecular flexibility index (Phi) is 6.81. The summed E-state index contributed by atoms with van der Waals surface area (Å²) in [6, 6.07) is 8.11. The third-order valence-corrected chi connectivity index (χ3v) is 5.09. The van der Waals surface area contributed by atoms with Gasteiger partial charge in [-0.25, -0.2) is 4.98 Å². The van der Waals surface area contributed by atoms with Crippen molar-refractivity contribution in [3.63, 3.8) is 0 Å². The number of benzene rings is 1. The molecule has 3 rings (SSSR count). The molecule has 1 aromatic carbocycles. The summed E-state index contributed by atoms with van der Waals surface area (Å²) in [4.78, 5) is 17.1. The van der Waals surface area contributed by atoms with Crippen molar-refractivity contribution < 1.29 is 13.2 Å². The summed E-state index contributed by atoms with van der Waals surface area (Å²) in [7, 11) is 1.65. The first-order valence-electron chi connectivity index (χ1n) is 8.44. The highest BCUT2D eigenvalue weighted by molar-refractivity contribution is 6.30. The summed E-state index contributed by atoms with van der Waals surface area (Å²) in [6.07, 6.45) is -3.38. The molecule has 9 heteroatoms. The van der Waals surface area contributed by atoms with E-state index in [9.17, 15) is 18.0 Å². The van der Waals surface area contributed by atoms with Crippen LogP contribution in [0, 0.1) is 5.92 Å². The summed E-state index contributed by atoms with van der Waals surface area (Å²) < 4.78 is 40.3. The number of alkyl halides is 3. The molecule has 1 N–H and O–H groups in total. The van der Waals surface area contributed by atoms with Gasteiger partial charge in [0, 0.05) is 24.1 Å². The maximum Gasteiger partial charge on any atom is 0.391 e. The maximum absolute atomic E-state index is 12.9. The van der Waals surface area contributed by atoms with Gasteiger partial charge in [0.25, 0.3) is 5.56 Å². The number of hydrogen-bond donors (Lipinski definition) is 1. The Hall–Kier alpha value is -1.73. The lowest BCUT2D eigenvalue weighted by Crippen LogP contribution is -2.30. The van der Waals surface area contributed by atoms with Crippen LogP contribution in [0.1, 0.15) is 37.4 Å². The Labute approximate surface area is 166 Å². The van der Waals surface area contributed by atoms with Crippen LogP contribution >= 0.6 is 24.0 Å². The first-order chi connectivity index (χ1) is 12.3. The number of nitrogens with one attached hydrogen (secondary N) is 1. The van der Waals surface area contributed by atoms with Gasteiger partial charge < -0.3 is 5.32 Å². The zero-order chi connectivity index (χ0) is 18.9. The van der Waals surface area contributed by atoms with Gasteiger partial charge in [-0.15, -0.1) is 12.4 Å². The molecule has 2 aromatic rings. The first-order valence-corrected chi connectivity index (χ1v) is 8.82. The topological polar surface area (TPSA) is 46.9 Å². The quantitative estimate of drug-likeness (QED) is 0.741. The van der Waals surface area contributed by atoms with E-state index in [4.69, 9.17) is 11.6 Å². The molecule has 0 atom stereocenters. The Bertz CT molecular complexity index is 829. The Morgan fingerprint density at radius 3 is 2.26 bits per heavy atom. The molecule has 0 aliphatic heterocycles. The minimum absolute atomic E-state index is 0. The van der Waals surface area contributed by atoms with Crippen LogP contribution in [0.5, 0.6) is 0 Å². The van der Waals surface area contributed by atoms with E-state index in [0.717, 1.165) is 0 Å². The summed E-state index contributed by atoms with van der Waals surface area (Å²) in [5, 5.41) is 3.38. The van der Waals surface area contributed by atoms with E-state index in [1.165, 1.54) is 10.6 Å². The van der Waals surface area contributed by atoms with Gasteiger partial charge in [0.05, 0.1) is 11.6 Å². The first kappa shape index (κ1) is 21.6. The Balaban J connectivity index is 0.00000261. The van der Waals surface area contributed by atoms with Crippen molar-refractivity contribution in [1.82, 2.24) is 9.55 Å². The molecule has 1 fully saturated rings. The molecule has 0 spiro atoms. The van der Waals surface area contributed by atoms with E-state index in [1.54, 1.807) is 31.3 Å². The zero-order valence-electron chi connectivity index (χ0n) is 14.6. The van der Waals surface area contributed by atoms with Crippen LogP contribution < -0.4 is 10.9 Å². The number of halogens is 5. The Morgan fingerprint density at radius 1 is 1.15 bits per heavy atom. The molecular formula is C18H20Cl2F3N3O. The lowest BCUT2D eigenvalue weighted by Gasteiger charge is -2.30. The normalized spacial score (nSPS) is 20.0. The molecule has 0 amide bonds. The van der Waals surface area contributed by atoms with E-state index in [1.807, 2.05) is 0 Å². The molecule has 1 aromatic heterocycles. The molecule has 0 saturated heterocycles. The number of aromatic nitrogens is 2. The van der Waals surface area contributed by atoms with Gasteiger partial charge in [0.1, 0.15) is 11.6 Å². The minimum Gasteiger partial charge on any atom is -0.373 e. The second-order valence-corrected chi connectivity index (χ2v) is 6.93. The predicted octanol–water partition coefficient (Wildman–Crippen LogP) is 5.19. The van der Waals surface area contributed by atoms with Crippen LogP contribution in [-0.4, -0.2) is 22.8 Å². The van der Waals surface area contributed by atoms with Crippen LogP contribution in [0.4, 0.5) is 19.0 Å². The fourth-order valence-corrected chi connectivity index (χ4v) is 3.56. The van der Waals surface area contributed by atoms with E-state index >= 15 is 0 Å². The minimum atomic E-state index is -4.17. The average molecular weight is 422 g/mol. The van der Waals surface area contributed by atoms with Crippen LogP contribution in [0.3, 0.4) is 0 Å². The number of anilines is 1. The van der Waals surface area contributed by atoms with Crippen LogP contribution in [-0.2, 0) is 0 Å². The molecule has 148 valence electrons. The number of hydrogen-bond acceptors (Lipinski definition) is 3. The van der Waals surface area contributed by atoms with E-state index in [2.05, 4.69) is 10.3 Å². The molecule has 4 nitrogen and oxygen atoms in total. The van der Waals surface area contributed by atoms with Crippen molar-refractivity contribution in [2.75, 3.05) is 12.4 Å². The van der Waals surface area contributed by atoms with Crippen molar-refractivity contribution in [1.29, 1.82) is 0 Å². The van der Waals surface area contributed by atoms with Crippen molar-refractivity contribution in [3.05, 3.63) is 51.5 Å². The fraction of sp³-hybridized carbons (Fsp3) is 0.444. The highest BCUT2D eigenvalue weighted by Gasteiger charge is 2.42. The predicted molar refractivity (Wildman–Crippen MR) is 102 cm³/mol. The van der Waals surface area contributed by atoms with Gasteiger partial charge >= 0.3 is 6.18 Å². The summed E-state index contributed by atoms with van der Waals surface area (Å²) >= 11 is 5.91. The second-order valence-electron chi connectivity index (χ2n) is 6.49. The third-order valence-electron chi connectivity index (χ3n) is 4.84. The molecule has 0 unspecified atom stereocenters. The molecule has 1 aliphatic carbocycles. The van der Waals surface area contributed by atoms with Crippen LogP contribution in [0.25, 0.3) is 5.69 Å². The smallest absolute Gasteiger partial charge is 0.373 e. The van der Waals surface area contributed by atoms with E-state index < -0.39 is 12.1 Å². The van der Waals surface area contributed by atoms with E-state index in [0.29, 0.717) is 35.2 Å². The largest absolute Gasteiger partial charge is 0.391 e. The standard InChI is InChI=1S/C18H19ClF3N3O.ClH/c1-23-15-10-16(26)25(14-8-6-13(19)7-9-14)17(24-15)11-2-4-12(5-3-11)18(20,21)22;/h6-12,23H,2-5H2,1H3;1H. The van der Waals surface area contributed by atoms with Crippen molar-refractivity contribution in [2.24, 2.45) is 5.92 Å². The Morgan fingerprint density at radius 2 is 1.74 bits per heavy atom. The average Bonchev–Trinajstić information content (AvgIpc) is 2.61. The third kappa shape index (κ3) is 4.76. The van der Waals surface area contributed by atoms with E-state index in [-0.39, 0.29) is 36.7 Å². The highest BCUT2D eigenvalue weighted by atomic mass is 35.5. The zero-order valence-corrected chi connectivity index (χ0v) is 16.2. The lowest BCUT2D eigenvalue weighted by atomic mass is 9.81. The molecule has 1 aliphatic rings. The van der Waals surface area contributed by atoms with Gasteiger partial charge in [0.15, 0.2) is 0 Å². The van der Waals surface area contributed by atoms with Crippen molar-refractivity contribution in [2.45, 2.75) is 37.8 Å². The summed E-state index contributed by atoms with van der Waals surface area (Å²) in [5.74, 6) is -0.579. The fourth-order valence-electron chi connectivity index (χ4n) is 3.43. The van der Waals surface area contributed by atoms with Crippen LogP contribution in [0.2, 0.25) is 5.02 Å². The maximum atomic E-state index is 12.9. The molecular weight excluding hydrogens is 402 g/mol. The van der Waals surface area contributed by atoms with Gasteiger partial charge in [0.2, 0.25) is 0 Å². The lowest BCUT2D eigenvalue weighted by molar-refractivity contribution is -0.182. The van der Waals surface area contributed by atoms with Crippen molar-refractivity contribution in [3.8, 4) is 5.69 Å². The highest BCUT2D eigenvalue weighted by Crippen LogP contribution is 2.42. The second kappa shape index (κ2) is 8.52. The van der Waals surface area contributed by atoms with Gasteiger partial charge in [-0.05, 0) is 49.9 Å². The summed E-state index contributed by atoms with van der Waals surface area (Å²) in [6.45, 7) is 0. The molecule has 1 heterocycles. The number of rotatable bonds is 3. The number of nitrogens with zero attached hydrogens (tertiary/aromatic N) is 2. The van der Waals surface area contributed by atoms with Gasteiger partial charge in [-0.3, -0.25) is 9.36 Å². The summed E-state index contributed by atoms with van der Waals surface area (Å²) in [5.41, 5.74) is 0.321. The molecule has 1 saturated carbocycles. The SMILES string of the molecule is CNc1cc(=O)n(-c2ccc(Cl)cc2)c(C2CCC(C(F)(F)F)CC2)n1.Cl. The molecule has 27 heavy (non-hydrogen) atoms. The van der Waals surface area contributed by atoms with Crippen molar-refractivity contribution >= 4 is 29.8 Å². The molecule has 0 radical (unpaired) electrons. The van der Waals surface area contributed by atoms with Gasteiger partial charge in [-0.2, -0.15) is 13.2 Å². The molecule has 0 bridgehead atoms. The monoisotopic (exact) mass is 421 g/mol. The van der Waals surface area contributed by atoms with Crippen LogP contribution in [0.15, 0.2) is 35.1 Å².